The fraction of sp³-hybridized carbons (Fsp3) is 0.700. The average Bonchev–Trinajstić information content (AvgIpc) is 2.60. The van der Waals surface area contributed by atoms with Crippen LogP contribution < -0.4 is 4.74 Å². The molecule has 25 heavy (non-hydrogen) atoms. The first-order valence-corrected chi connectivity index (χ1v) is 9.41. The third-order valence-corrected chi connectivity index (χ3v) is 4.95. The summed E-state index contributed by atoms with van der Waals surface area (Å²) in [5.74, 6) is 0.889. The first-order valence-electron chi connectivity index (χ1n) is 9.41. The van der Waals surface area contributed by atoms with E-state index in [0.29, 0.717) is 25.3 Å². The molecule has 1 aliphatic heterocycles. The molecule has 1 aliphatic rings. The molecule has 0 aromatic heterocycles. The zero-order valence-corrected chi connectivity index (χ0v) is 16.2. The molecule has 0 amide bonds. The van der Waals surface area contributed by atoms with Gasteiger partial charge in [-0.05, 0) is 44.9 Å². The lowest BCUT2D eigenvalue weighted by atomic mass is 10.0. The van der Waals surface area contributed by atoms with Crippen molar-refractivity contribution in [3.8, 4) is 5.75 Å². The fourth-order valence-corrected chi connectivity index (χ4v) is 3.68. The van der Waals surface area contributed by atoms with Gasteiger partial charge in [0.15, 0.2) is 0 Å². The SMILES string of the molecule is CCOCc1cc(CN2CCN(C(C)C)[C@H](CCO)C2)ccc1OC. The summed E-state index contributed by atoms with van der Waals surface area (Å²) < 4.78 is 11.0. The summed E-state index contributed by atoms with van der Waals surface area (Å²) >= 11 is 0. The molecule has 1 N–H and O–H groups in total. The van der Waals surface area contributed by atoms with E-state index in [2.05, 4.69) is 35.8 Å². The number of hydrogen-bond acceptors (Lipinski definition) is 5. The van der Waals surface area contributed by atoms with Crippen molar-refractivity contribution in [2.24, 2.45) is 0 Å². The zero-order chi connectivity index (χ0) is 18.2. The smallest absolute Gasteiger partial charge is 0.124 e. The standard InChI is InChI=1S/C20H34N2O3/c1-5-25-15-18-12-17(6-7-20(18)24-4)13-21-9-10-22(16(2)3)19(14-21)8-11-23/h6-7,12,16,19,23H,5,8-11,13-15H2,1-4H3/t19-/m1/s1. The Balaban J connectivity index is 2.03. The summed E-state index contributed by atoms with van der Waals surface area (Å²) in [6.07, 6.45) is 0.840. The largest absolute Gasteiger partial charge is 0.496 e. The number of rotatable bonds is 9. The zero-order valence-electron chi connectivity index (χ0n) is 16.2. The first kappa shape index (κ1) is 20.2. The van der Waals surface area contributed by atoms with Crippen molar-refractivity contribution < 1.29 is 14.6 Å². The van der Waals surface area contributed by atoms with Crippen LogP contribution in [0, 0.1) is 0 Å². The number of hydrogen-bond donors (Lipinski definition) is 1. The monoisotopic (exact) mass is 350 g/mol. The number of aliphatic hydroxyl groups is 1. The van der Waals surface area contributed by atoms with Gasteiger partial charge in [0.2, 0.25) is 0 Å². The van der Waals surface area contributed by atoms with Crippen LogP contribution in [0.5, 0.6) is 5.75 Å². The highest BCUT2D eigenvalue weighted by Crippen LogP contribution is 2.23. The van der Waals surface area contributed by atoms with Crippen LogP contribution in [0.1, 0.15) is 38.3 Å². The summed E-state index contributed by atoms with van der Waals surface area (Å²) in [5.41, 5.74) is 2.39. The Morgan fingerprint density at radius 3 is 2.72 bits per heavy atom. The van der Waals surface area contributed by atoms with E-state index >= 15 is 0 Å². The van der Waals surface area contributed by atoms with Gasteiger partial charge in [-0.3, -0.25) is 9.80 Å². The van der Waals surface area contributed by atoms with Gasteiger partial charge in [0.05, 0.1) is 13.7 Å². The molecule has 0 radical (unpaired) electrons. The quantitative estimate of drug-likeness (QED) is 0.741. The van der Waals surface area contributed by atoms with Gasteiger partial charge in [-0.15, -0.1) is 0 Å². The number of ether oxygens (including phenoxy) is 2. The van der Waals surface area contributed by atoms with Crippen molar-refractivity contribution in [3.05, 3.63) is 29.3 Å². The Morgan fingerprint density at radius 1 is 1.28 bits per heavy atom. The van der Waals surface area contributed by atoms with Crippen LogP contribution in [0.3, 0.4) is 0 Å². The predicted octanol–water partition coefficient (Wildman–Crippen LogP) is 2.51. The molecule has 1 atom stereocenters. The Bertz CT molecular complexity index is 522. The normalized spacial score (nSPS) is 19.5. The molecule has 1 heterocycles. The molecule has 142 valence electrons. The van der Waals surface area contributed by atoms with Crippen molar-refractivity contribution >= 4 is 0 Å². The van der Waals surface area contributed by atoms with E-state index in [1.807, 2.05) is 13.0 Å². The van der Waals surface area contributed by atoms with Crippen LogP contribution in [0.4, 0.5) is 0 Å². The lowest BCUT2D eigenvalue weighted by Gasteiger charge is -2.43. The van der Waals surface area contributed by atoms with E-state index in [1.165, 1.54) is 5.56 Å². The minimum Gasteiger partial charge on any atom is -0.496 e. The first-order chi connectivity index (χ1) is 12.1. The van der Waals surface area contributed by atoms with E-state index in [-0.39, 0.29) is 6.61 Å². The van der Waals surface area contributed by atoms with Gasteiger partial charge in [-0.1, -0.05) is 6.07 Å². The summed E-state index contributed by atoms with van der Waals surface area (Å²) in [6.45, 7) is 12.1. The Morgan fingerprint density at radius 2 is 2.08 bits per heavy atom. The van der Waals surface area contributed by atoms with E-state index in [4.69, 9.17) is 9.47 Å². The number of benzene rings is 1. The molecule has 0 bridgehead atoms. The molecule has 1 fully saturated rings. The van der Waals surface area contributed by atoms with Gasteiger partial charge in [-0.25, -0.2) is 0 Å². The van der Waals surface area contributed by atoms with Crippen LogP contribution in [-0.2, 0) is 17.9 Å². The number of aliphatic hydroxyl groups excluding tert-OH is 1. The maximum atomic E-state index is 9.40. The highest BCUT2D eigenvalue weighted by Gasteiger charge is 2.28. The highest BCUT2D eigenvalue weighted by atomic mass is 16.5. The van der Waals surface area contributed by atoms with Gasteiger partial charge < -0.3 is 14.6 Å². The van der Waals surface area contributed by atoms with E-state index in [9.17, 15) is 5.11 Å². The second-order valence-electron chi connectivity index (χ2n) is 7.02. The van der Waals surface area contributed by atoms with E-state index < -0.39 is 0 Å². The van der Waals surface area contributed by atoms with Crippen LogP contribution in [0.25, 0.3) is 0 Å². The van der Waals surface area contributed by atoms with Crippen LogP contribution in [-0.4, -0.2) is 66.9 Å². The molecule has 1 saturated heterocycles. The molecule has 0 saturated carbocycles. The Kier molecular flexibility index (Phi) is 8.16. The molecule has 0 unspecified atom stereocenters. The fourth-order valence-electron chi connectivity index (χ4n) is 3.68. The molecule has 5 heteroatoms. The molecular weight excluding hydrogens is 316 g/mol. The molecule has 1 aromatic carbocycles. The molecular formula is C20H34N2O3. The molecule has 5 nitrogen and oxygen atoms in total. The van der Waals surface area contributed by atoms with Crippen molar-refractivity contribution in [1.29, 1.82) is 0 Å². The summed E-state index contributed by atoms with van der Waals surface area (Å²) in [6, 6.07) is 7.34. The molecule has 2 rings (SSSR count). The molecule has 1 aromatic rings. The summed E-state index contributed by atoms with van der Waals surface area (Å²) in [7, 11) is 1.70. The maximum absolute atomic E-state index is 9.40. The summed E-state index contributed by atoms with van der Waals surface area (Å²) in [5, 5.41) is 9.40. The van der Waals surface area contributed by atoms with Crippen molar-refractivity contribution in [2.45, 2.75) is 52.4 Å². The van der Waals surface area contributed by atoms with Gasteiger partial charge in [0, 0.05) is 57.0 Å². The highest BCUT2D eigenvalue weighted by molar-refractivity contribution is 5.37. The lowest BCUT2D eigenvalue weighted by Crippen LogP contribution is -2.55. The van der Waals surface area contributed by atoms with Gasteiger partial charge in [-0.2, -0.15) is 0 Å². The topological polar surface area (TPSA) is 45.2 Å². The van der Waals surface area contributed by atoms with Crippen LogP contribution in [0.15, 0.2) is 18.2 Å². The third kappa shape index (κ3) is 5.68. The lowest BCUT2D eigenvalue weighted by molar-refractivity contribution is 0.0349. The van der Waals surface area contributed by atoms with Crippen molar-refractivity contribution in [2.75, 3.05) is 40.0 Å². The van der Waals surface area contributed by atoms with Crippen molar-refractivity contribution in [1.82, 2.24) is 9.80 Å². The summed E-state index contributed by atoms with van der Waals surface area (Å²) in [4.78, 5) is 5.01. The van der Waals surface area contributed by atoms with Gasteiger partial charge in [0.1, 0.15) is 5.75 Å². The van der Waals surface area contributed by atoms with Crippen molar-refractivity contribution in [3.63, 3.8) is 0 Å². The number of nitrogens with zero attached hydrogens (tertiary/aromatic N) is 2. The number of piperazine rings is 1. The van der Waals surface area contributed by atoms with Crippen LogP contribution >= 0.6 is 0 Å². The van der Waals surface area contributed by atoms with E-state index in [1.54, 1.807) is 7.11 Å². The Labute approximate surface area is 152 Å². The number of methoxy groups -OCH3 is 1. The van der Waals surface area contributed by atoms with Gasteiger partial charge >= 0.3 is 0 Å². The van der Waals surface area contributed by atoms with E-state index in [0.717, 1.165) is 43.9 Å². The minimum atomic E-state index is 0.253. The average molecular weight is 351 g/mol. The van der Waals surface area contributed by atoms with Crippen LogP contribution in [0.2, 0.25) is 0 Å². The molecule has 0 aliphatic carbocycles. The molecule has 0 spiro atoms. The predicted molar refractivity (Wildman–Crippen MR) is 101 cm³/mol. The van der Waals surface area contributed by atoms with Gasteiger partial charge in [0.25, 0.3) is 0 Å². The third-order valence-electron chi connectivity index (χ3n) is 4.95. The second-order valence-corrected chi connectivity index (χ2v) is 7.02. The maximum Gasteiger partial charge on any atom is 0.124 e. The Hall–Kier alpha value is -1.14. The minimum absolute atomic E-state index is 0.253. The second kappa shape index (κ2) is 10.1.